The van der Waals surface area contributed by atoms with E-state index in [4.69, 9.17) is 4.99 Å². The first-order valence-electron chi connectivity index (χ1n) is 8.72. The maximum absolute atomic E-state index is 4.74. The highest BCUT2D eigenvalue weighted by Crippen LogP contribution is 2.12. The molecule has 132 valence electrons. The quantitative estimate of drug-likeness (QED) is 0.334. The van der Waals surface area contributed by atoms with E-state index in [0.717, 1.165) is 37.7 Å². The molecule has 1 aromatic heterocycles. The third-order valence-corrected chi connectivity index (χ3v) is 3.79. The van der Waals surface area contributed by atoms with E-state index in [-0.39, 0.29) is 24.0 Å². The molecule has 5 heteroatoms. The van der Waals surface area contributed by atoms with Gasteiger partial charge in [-0.2, -0.15) is 0 Å². The summed E-state index contributed by atoms with van der Waals surface area (Å²) in [4.78, 5) is 9.09. The number of halogens is 1. The lowest BCUT2D eigenvalue weighted by Crippen LogP contribution is -2.38. The number of nitrogens with one attached hydrogen (secondary N) is 2. The normalized spacial score (nSPS) is 12.4. The van der Waals surface area contributed by atoms with Crippen molar-refractivity contribution in [3.8, 4) is 0 Å². The van der Waals surface area contributed by atoms with Crippen molar-refractivity contribution in [3.05, 3.63) is 30.1 Å². The smallest absolute Gasteiger partial charge is 0.191 e. The number of aromatic nitrogens is 1. The van der Waals surface area contributed by atoms with Gasteiger partial charge >= 0.3 is 0 Å². The maximum atomic E-state index is 4.74. The Hall–Kier alpha value is -0.850. The zero-order chi connectivity index (χ0) is 16.0. The van der Waals surface area contributed by atoms with Crippen molar-refractivity contribution in [2.24, 2.45) is 10.9 Å². The molecule has 1 heterocycles. The van der Waals surface area contributed by atoms with Crippen molar-refractivity contribution < 1.29 is 0 Å². The van der Waals surface area contributed by atoms with Gasteiger partial charge < -0.3 is 10.6 Å². The van der Waals surface area contributed by atoms with Gasteiger partial charge in [0.2, 0.25) is 0 Å². The van der Waals surface area contributed by atoms with E-state index >= 15 is 0 Å². The average Bonchev–Trinajstić information content (AvgIpc) is 2.56. The Morgan fingerprint density at radius 1 is 1.22 bits per heavy atom. The van der Waals surface area contributed by atoms with Gasteiger partial charge in [-0.3, -0.25) is 9.98 Å². The molecule has 0 aromatic carbocycles. The van der Waals surface area contributed by atoms with Crippen LogP contribution >= 0.6 is 24.0 Å². The van der Waals surface area contributed by atoms with Crippen LogP contribution in [0.4, 0.5) is 0 Å². The van der Waals surface area contributed by atoms with E-state index in [1.165, 1.54) is 25.7 Å². The maximum Gasteiger partial charge on any atom is 0.191 e. The number of unbranched alkanes of at least 4 members (excludes halogenated alkanes) is 1. The third kappa shape index (κ3) is 10.5. The van der Waals surface area contributed by atoms with Crippen LogP contribution in [0.3, 0.4) is 0 Å². The predicted octanol–water partition coefficient (Wildman–Crippen LogP) is 4.01. The molecule has 23 heavy (non-hydrogen) atoms. The molecule has 0 fully saturated rings. The highest BCUT2D eigenvalue weighted by Gasteiger charge is 2.06. The van der Waals surface area contributed by atoms with Gasteiger partial charge in [0.25, 0.3) is 0 Å². The van der Waals surface area contributed by atoms with Crippen molar-refractivity contribution in [3.63, 3.8) is 0 Å². The van der Waals surface area contributed by atoms with E-state index in [1.807, 2.05) is 18.3 Å². The lowest BCUT2D eigenvalue weighted by molar-refractivity contribution is 0.461. The Kier molecular flexibility index (Phi) is 14.2. The SMILES string of the molecule is CCCCC(CC)CN=C(NCC)NCCc1ccccn1.I. The first-order valence-corrected chi connectivity index (χ1v) is 8.72. The van der Waals surface area contributed by atoms with Crippen LogP contribution in [0.5, 0.6) is 0 Å². The molecule has 1 rings (SSSR count). The fourth-order valence-corrected chi connectivity index (χ4v) is 2.33. The molecule has 0 saturated heterocycles. The van der Waals surface area contributed by atoms with Crippen LogP contribution < -0.4 is 10.6 Å². The number of hydrogen-bond acceptors (Lipinski definition) is 2. The Balaban J connectivity index is 0.00000484. The molecule has 0 spiro atoms. The van der Waals surface area contributed by atoms with E-state index in [1.54, 1.807) is 0 Å². The summed E-state index contributed by atoms with van der Waals surface area (Å²) in [6.45, 7) is 9.27. The molecule has 1 unspecified atom stereocenters. The van der Waals surface area contributed by atoms with Gasteiger partial charge in [0, 0.05) is 37.9 Å². The number of aliphatic imine (C=N–C) groups is 1. The molecule has 4 nitrogen and oxygen atoms in total. The van der Waals surface area contributed by atoms with Gasteiger partial charge in [0.05, 0.1) is 0 Å². The summed E-state index contributed by atoms with van der Waals surface area (Å²) >= 11 is 0. The summed E-state index contributed by atoms with van der Waals surface area (Å²) in [6.07, 6.45) is 7.81. The van der Waals surface area contributed by atoms with Gasteiger partial charge in [0.15, 0.2) is 5.96 Å². The summed E-state index contributed by atoms with van der Waals surface area (Å²) in [5.74, 6) is 1.62. The first-order chi connectivity index (χ1) is 10.8. The molecule has 0 radical (unpaired) electrons. The second-order valence-corrected chi connectivity index (χ2v) is 5.63. The van der Waals surface area contributed by atoms with Gasteiger partial charge in [-0.25, -0.2) is 0 Å². The second-order valence-electron chi connectivity index (χ2n) is 5.63. The van der Waals surface area contributed by atoms with Crippen LogP contribution in [-0.2, 0) is 6.42 Å². The monoisotopic (exact) mass is 432 g/mol. The Morgan fingerprint density at radius 2 is 2.04 bits per heavy atom. The standard InChI is InChI=1S/C18H32N4.HI/c1-4-7-10-16(5-2)15-22-18(19-6-3)21-14-12-17-11-8-9-13-20-17;/h8-9,11,13,16H,4-7,10,12,14-15H2,1-3H3,(H2,19,21,22);1H. The summed E-state index contributed by atoms with van der Waals surface area (Å²) in [5, 5.41) is 6.73. The molecular formula is C18H33IN4. The molecule has 0 aliphatic heterocycles. The largest absolute Gasteiger partial charge is 0.357 e. The zero-order valence-corrected chi connectivity index (χ0v) is 17.2. The molecular weight excluding hydrogens is 399 g/mol. The Morgan fingerprint density at radius 3 is 2.65 bits per heavy atom. The Labute approximate surface area is 159 Å². The lowest BCUT2D eigenvalue weighted by Gasteiger charge is -2.15. The Bertz CT molecular complexity index is 409. The van der Waals surface area contributed by atoms with Gasteiger partial charge in [0.1, 0.15) is 0 Å². The second kappa shape index (κ2) is 14.7. The molecule has 0 amide bonds. The fourth-order valence-electron chi connectivity index (χ4n) is 2.33. The van der Waals surface area contributed by atoms with Gasteiger partial charge in [-0.15, -0.1) is 24.0 Å². The van der Waals surface area contributed by atoms with E-state index in [9.17, 15) is 0 Å². The number of rotatable bonds is 10. The minimum absolute atomic E-state index is 0. The summed E-state index contributed by atoms with van der Waals surface area (Å²) < 4.78 is 0. The van der Waals surface area contributed by atoms with Crippen molar-refractivity contribution in [2.75, 3.05) is 19.6 Å². The van der Waals surface area contributed by atoms with Crippen molar-refractivity contribution >= 4 is 29.9 Å². The van der Waals surface area contributed by atoms with Crippen molar-refractivity contribution in [1.82, 2.24) is 15.6 Å². The van der Waals surface area contributed by atoms with Crippen molar-refractivity contribution in [1.29, 1.82) is 0 Å². The lowest BCUT2D eigenvalue weighted by atomic mass is 10.00. The molecule has 0 aliphatic rings. The molecule has 0 bridgehead atoms. The molecule has 1 aromatic rings. The van der Waals surface area contributed by atoms with Crippen LogP contribution in [-0.4, -0.2) is 30.6 Å². The highest BCUT2D eigenvalue weighted by molar-refractivity contribution is 14.0. The molecule has 2 N–H and O–H groups in total. The van der Waals surface area contributed by atoms with E-state index in [0.29, 0.717) is 5.92 Å². The summed E-state index contributed by atoms with van der Waals surface area (Å²) in [5.41, 5.74) is 1.11. The van der Waals surface area contributed by atoms with Crippen LogP contribution in [0.15, 0.2) is 29.4 Å². The van der Waals surface area contributed by atoms with E-state index in [2.05, 4.69) is 42.5 Å². The van der Waals surface area contributed by atoms with Crippen LogP contribution in [0.25, 0.3) is 0 Å². The molecule has 1 atom stereocenters. The predicted molar refractivity (Wildman–Crippen MR) is 111 cm³/mol. The van der Waals surface area contributed by atoms with Gasteiger partial charge in [-0.1, -0.05) is 39.2 Å². The summed E-state index contributed by atoms with van der Waals surface area (Å²) in [6, 6.07) is 6.04. The zero-order valence-electron chi connectivity index (χ0n) is 14.8. The number of pyridine rings is 1. The molecule has 0 saturated carbocycles. The first kappa shape index (κ1) is 22.1. The van der Waals surface area contributed by atoms with Gasteiger partial charge in [-0.05, 0) is 31.4 Å². The minimum atomic E-state index is 0. The number of nitrogens with zero attached hydrogens (tertiary/aromatic N) is 2. The topological polar surface area (TPSA) is 49.3 Å². The number of hydrogen-bond donors (Lipinski definition) is 2. The fraction of sp³-hybridized carbons (Fsp3) is 0.667. The van der Waals surface area contributed by atoms with Crippen LogP contribution in [0.2, 0.25) is 0 Å². The summed E-state index contributed by atoms with van der Waals surface area (Å²) in [7, 11) is 0. The highest BCUT2D eigenvalue weighted by atomic mass is 127. The third-order valence-electron chi connectivity index (χ3n) is 3.79. The molecule has 0 aliphatic carbocycles. The van der Waals surface area contributed by atoms with E-state index < -0.39 is 0 Å². The minimum Gasteiger partial charge on any atom is -0.357 e. The number of guanidine groups is 1. The van der Waals surface area contributed by atoms with Crippen LogP contribution in [0.1, 0.15) is 52.1 Å². The average molecular weight is 432 g/mol. The van der Waals surface area contributed by atoms with Crippen LogP contribution in [0, 0.1) is 5.92 Å². The van der Waals surface area contributed by atoms with Crippen molar-refractivity contribution in [2.45, 2.75) is 52.9 Å².